The van der Waals surface area contributed by atoms with Crippen molar-refractivity contribution < 1.29 is 37.6 Å². The van der Waals surface area contributed by atoms with Gasteiger partial charge in [-0.1, -0.05) is 421 Å². The minimum absolute atomic E-state index is 0.0560. The zero-order valence-corrected chi connectivity index (χ0v) is 63.4. The first-order chi connectivity index (χ1) is 46.3. The molecule has 0 aromatic rings. The molecule has 0 amide bonds. The molecule has 0 saturated carbocycles. The van der Waals surface area contributed by atoms with E-state index in [0.717, 1.165) is 64.2 Å². The van der Waals surface area contributed by atoms with Crippen LogP contribution in [0.5, 0.6) is 0 Å². The molecule has 3 N–H and O–H groups in total. The lowest BCUT2D eigenvalue weighted by molar-refractivity contribution is -0.161. The quantitative estimate of drug-likeness (QED) is 0.0264. The monoisotopic (exact) mass is 1340 g/mol. The number of rotatable bonds is 79. The van der Waals surface area contributed by atoms with Crippen LogP contribution >= 0.6 is 7.82 Å². The summed E-state index contributed by atoms with van der Waals surface area (Å²) in [5.74, 6) is -0.801. The minimum Gasteiger partial charge on any atom is -0.462 e. The Hall–Kier alpha value is -2.29. The lowest BCUT2D eigenvalue weighted by Gasteiger charge is -2.19. The molecule has 94 heavy (non-hydrogen) atoms. The highest BCUT2D eigenvalue weighted by atomic mass is 31.2. The number of ether oxygens (including phenoxy) is 2. The molecule has 0 aliphatic heterocycles. The van der Waals surface area contributed by atoms with E-state index in [2.05, 4.69) is 74.6 Å². The highest BCUT2D eigenvalue weighted by Gasteiger charge is 2.26. The summed E-state index contributed by atoms with van der Waals surface area (Å²) in [7, 11) is -4.39. The lowest BCUT2D eigenvalue weighted by atomic mass is 10.0. The molecule has 0 heterocycles. The van der Waals surface area contributed by atoms with Crippen LogP contribution in [0.4, 0.5) is 0 Å². The average molecular weight is 1340 g/mol. The van der Waals surface area contributed by atoms with Gasteiger partial charge in [-0.25, -0.2) is 4.57 Å². The third-order valence-electron chi connectivity index (χ3n) is 18.7. The summed E-state index contributed by atoms with van der Waals surface area (Å²) in [5, 5.41) is 0. The van der Waals surface area contributed by atoms with Crippen molar-refractivity contribution in [2.45, 2.75) is 437 Å². The number of hydrogen-bond donors (Lipinski definition) is 2. The summed E-state index contributed by atoms with van der Waals surface area (Å²) in [5.41, 5.74) is 5.42. The second-order valence-electron chi connectivity index (χ2n) is 28.0. The maximum atomic E-state index is 12.8. The normalized spacial score (nSPS) is 13.1. The molecule has 0 aromatic heterocycles. The molecule has 0 rings (SSSR count). The molecule has 0 fully saturated rings. The number of carbonyl (C=O) groups excluding carboxylic acids is 2. The summed E-state index contributed by atoms with van der Waals surface area (Å²) < 4.78 is 33.3. The summed E-state index contributed by atoms with van der Waals surface area (Å²) in [6, 6.07) is 0. The van der Waals surface area contributed by atoms with Gasteiger partial charge in [-0.2, -0.15) is 0 Å². The van der Waals surface area contributed by atoms with E-state index in [4.69, 9.17) is 24.3 Å². The van der Waals surface area contributed by atoms with E-state index in [1.54, 1.807) is 0 Å². The molecule has 9 nitrogen and oxygen atoms in total. The van der Waals surface area contributed by atoms with Crippen LogP contribution in [0, 0.1) is 0 Å². The van der Waals surface area contributed by atoms with Crippen LogP contribution < -0.4 is 5.73 Å². The molecule has 0 aromatic carbocycles. The third-order valence-corrected chi connectivity index (χ3v) is 19.7. The number of phosphoric ester groups is 1. The Kier molecular flexibility index (Phi) is 77.8. The molecule has 0 radical (unpaired) electrons. The number of esters is 2. The van der Waals surface area contributed by atoms with Crippen LogP contribution in [0.1, 0.15) is 431 Å². The summed E-state index contributed by atoms with van der Waals surface area (Å²) in [6.07, 6.45) is 105. The number of allylic oxidation sites excluding steroid dienone is 10. The first-order valence-electron chi connectivity index (χ1n) is 41.3. The highest BCUT2D eigenvalue weighted by Crippen LogP contribution is 2.43. The van der Waals surface area contributed by atoms with Crippen molar-refractivity contribution in [3.05, 3.63) is 60.8 Å². The van der Waals surface area contributed by atoms with Crippen LogP contribution in [0.2, 0.25) is 0 Å². The van der Waals surface area contributed by atoms with Crippen molar-refractivity contribution in [1.29, 1.82) is 0 Å². The highest BCUT2D eigenvalue weighted by molar-refractivity contribution is 7.47. The fraction of sp³-hybridized carbons (Fsp3) is 0.857. The Bertz CT molecular complexity index is 1730. The Morgan fingerprint density at radius 2 is 0.585 bits per heavy atom. The molecular formula is C84H158NO8P. The van der Waals surface area contributed by atoms with Gasteiger partial charge in [-0.15, -0.1) is 0 Å². The van der Waals surface area contributed by atoms with Gasteiger partial charge in [0.2, 0.25) is 0 Å². The van der Waals surface area contributed by atoms with Crippen molar-refractivity contribution >= 4 is 19.8 Å². The molecule has 0 spiro atoms. The Morgan fingerprint density at radius 3 is 0.872 bits per heavy atom. The van der Waals surface area contributed by atoms with Crippen molar-refractivity contribution in [2.75, 3.05) is 26.4 Å². The van der Waals surface area contributed by atoms with Gasteiger partial charge in [0.05, 0.1) is 13.2 Å². The van der Waals surface area contributed by atoms with E-state index in [1.807, 2.05) is 0 Å². The second kappa shape index (κ2) is 79.7. The van der Waals surface area contributed by atoms with Gasteiger partial charge in [-0.05, 0) is 57.8 Å². The van der Waals surface area contributed by atoms with Crippen LogP contribution in [0.15, 0.2) is 60.8 Å². The molecule has 0 aliphatic carbocycles. The van der Waals surface area contributed by atoms with E-state index < -0.39 is 26.5 Å². The van der Waals surface area contributed by atoms with E-state index in [0.29, 0.717) is 6.42 Å². The number of unbranched alkanes of at least 4 members (excludes halogenated alkanes) is 56. The van der Waals surface area contributed by atoms with Gasteiger partial charge >= 0.3 is 19.8 Å². The molecule has 0 bridgehead atoms. The van der Waals surface area contributed by atoms with E-state index in [1.165, 1.54) is 334 Å². The average Bonchev–Trinajstić information content (AvgIpc) is 2.74. The van der Waals surface area contributed by atoms with Gasteiger partial charge in [0.1, 0.15) is 6.61 Å². The fourth-order valence-electron chi connectivity index (χ4n) is 12.6. The van der Waals surface area contributed by atoms with E-state index in [9.17, 15) is 19.0 Å². The maximum Gasteiger partial charge on any atom is 0.472 e. The first-order valence-corrected chi connectivity index (χ1v) is 42.8. The van der Waals surface area contributed by atoms with Crippen LogP contribution in [0.3, 0.4) is 0 Å². The Labute approximate surface area is 584 Å². The zero-order valence-electron chi connectivity index (χ0n) is 62.5. The first kappa shape index (κ1) is 91.7. The molecule has 10 heteroatoms. The van der Waals surface area contributed by atoms with Crippen LogP contribution in [0.25, 0.3) is 0 Å². The summed E-state index contributed by atoms with van der Waals surface area (Å²) in [4.78, 5) is 35.5. The van der Waals surface area contributed by atoms with Gasteiger partial charge in [0.15, 0.2) is 6.10 Å². The molecule has 0 saturated heterocycles. The SMILES string of the molecule is CC/C=C\C/C=C\C/C=C\C/C=C\C/C=C\CCCCCCCCCCCCCCCCCCCCCCCCCC(=O)OC(COC(=O)CCCCCCCCCCCCCCCCCCCCCCCCCCCCCCCCCCCC)COP(=O)(O)OCCN. The molecule has 2 atom stereocenters. The summed E-state index contributed by atoms with van der Waals surface area (Å²) in [6.45, 7) is 3.72. The van der Waals surface area contributed by atoms with Gasteiger partial charge in [0.25, 0.3) is 0 Å². The largest absolute Gasteiger partial charge is 0.472 e. The van der Waals surface area contributed by atoms with Crippen molar-refractivity contribution in [2.24, 2.45) is 5.73 Å². The zero-order chi connectivity index (χ0) is 67.9. The summed E-state index contributed by atoms with van der Waals surface area (Å²) >= 11 is 0. The van der Waals surface area contributed by atoms with E-state index >= 15 is 0 Å². The number of hydrogen-bond acceptors (Lipinski definition) is 8. The maximum absolute atomic E-state index is 12.8. The number of nitrogens with two attached hydrogens (primary N) is 1. The van der Waals surface area contributed by atoms with Crippen molar-refractivity contribution in [3.8, 4) is 0 Å². The molecule has 0 aliphatic rings. The van der Waals surface area contributed by atoms with Gasteiger partial charge in [0, 0.05) is 19.4 Å². The predicted octanol–water partition coefficient (Wildman–Crippen LogP) is 27.7. The Balaban J connectivity index is 3.74. The predicted molar refractivity (Wildman–Crippen MR) is 409 cm³/mol. The van der Waals surface area contributed by atoms with Gasteiger partial charge in [-0.3, -0.25) is 18.6 Å². The second-order valence-corrected chi connectivity index (χ2v) is 29.4. The third kappa shape index (κ3) is 78.7. The minimum atomic E-state index is -4.39. The Morgan fingerprint density at radius 1 is 0.330 bits per heavy atom. The van der Waals surface area contributed by atoms with Crippen molar-refractivity contribution in [1.82, 2.24) is 0 Å². The van der Waals surface area contributed by atoms with Crippen LogP contribution in [-0.2, 0) is 32.7 Å². The fourth-order valence-corrected chi connectivity index (χ4v) is 13.4. The topological polar surface area (TPSA) is 134 Å². The molecular weight excluding hydrogens is 1180 g/mol. The number of carbonyl (C=O) groups is 2. The molecule has 552 valence electrons. The van der Waals surface area contributed by atoms with E-state index in [-0.39, 0.29) is 38.6 Å². The van der Waals surface area contributed by atoms with Crippen molar-refractivity contribution in [3.63, 3.8) is 0 Å². The molecule has 2 unspecified atom stereocenters. The standard InChI is InChI=1S/C84H158NO8P/c1-3-5-7-9-11-13-15-17-19-21-23-25-27-29-31-33-35-37-39-40-41-42-43-45-47-49-51-53-55-57-59-61-63-65-67-69-71-73-75-77-84(87)93-82(81-92-94(88,89)91-79-78-85)80-90-83(86)76-74-72-70-68-66-64-62-60-58-56-54-52-50-48-46-44-38-36-34-32-30-28-26-24-22-20-18-16-14-12-10-8-6-4-2/h5,7,11,13,17,19,23,25,29,31,82H,3-4,6,8-10,12,14-16,18,20-22,24,26-28,30,32-81,85H2,1-2H3,(H,88,89)/b7-5-,13-11-,19-17-,25-23-,31-29-. The lowest BCUT2D eigenvalue weighted by Crippen LogP contribution is -2.29. The number of phosphoric acid groups is 1. The van der Waals surface area contributed by atoms with Gasteiger partial charge < -0.3 is 20.1 Å². The smallest absolute Gasteiger partial charge is 0.462 e. The van der Waals surface area contributed by atoms with Crippen LogP contribution in [-0.4, -0.2) is 49.3 Å².